The molecule has 0 aromatic heterocycles. The van der Waals surface area contributed by atoms with Crippen LogP contribution in [0.3, 0.4) is 0 Å². The largest absolute Gasteiger partial charge is 0.497 e. The number of carbonyl (C=O) groups excluding carboxylic acids is 1. The molecule has 9 heteroatoms. The molecule has 2 aromatic rings. The van der Waals surface area contributed by atoms with Gasteiger partial charge < -0.3 is 4.74 Å². The molecule has 2 aromatic carbocycles. The molecule has 0 saturated carbocycles. The molecular formula is C17H14N2O4S3. The molecule has 3 rings (SSSR count). The third kappa shape index (κ3) is 3.96. The second-order valence-electron chi connectivity index (χ2n) is 5.20. The normalized spacial score (nSPS) is 16.3. The summed E-state index contributed by atoms with van der Waals surface area (Å²) in [6.45, 7) is 0. The zero-order valence-corrected chi connectivity index (χ0v) is 16.0. The standard InChI is InChI=1S/C17H14N2O4S3/c1-23-13-9-7-12(8-10-13)11-15-16(24)19(17(20)25-15)18-26(21,22)14-5-3-2-4-6-14/h2-11,18H,1H3/b15-11+. The molecule has 1 fully saturated rings. The van der Waals surface area contributed by atoms with Gasteiger partial charge in [0.1, 0.15) is 10.7 Å². The molecule has 0 bridgehead atoms. The summed E-state index contributed by atoms with van der Waals surface area (Å²) in [6.07, 6.45) is 1.72. The number of hydrazine groups is 1. The minimum atomic E-state index is -3.90. The molecule has 0 radical (unpaired) electrons. The van der Waals surface area contributed by atoms with Crippen LogP contribution in [0.15, 0.2) is 64.4 Å². The first-order valence-corrected chi connectivity index (χ1v) is 10.1. The fraction of sp³-hybridized carbons (Fsp3) is 0.0588. The highest BCUT2D eigenvalue weighted by Gasteiger charge is 2.35. The first-order chi connectivity index (χ1) is 12.4. The highest BCUT2D eigenvalue weighted by molar-refractivity contribution is 8.19. The maximum Gasteiger partial charge on any atom is 0.307 e. The Hall–Kier alpha value is -2.20. The van der Waals surface area contributed by atoms with Crippen LogP contribution in [0.5, 0.6) is 5.75 Å². The smallest absolute Gasteiger partial charge is 0.307 e. The van der Waals surface area contributed by atoms with Gasteiger partial charge in [0.25, 0.3) is 10.0 Å². The summed E-state index contributed by atoms with van der Waals surface area (Å²) in [4.78, 5) is 15.1. The van der Waals surface area contributed by atoms with Crippen LogP contribution in [0.1, 0.15) is 5.56 Å². The number of thiocarbonyl (C=S) groups is 1. The van der Waals surface area contributed by atoms with E-state index in [1.54, 1.807) is 43.5 Å². The third-order valence-electron chi connectivity index (χ3n) is 3.47. The highest BCUT2D eigenvalue weighted by atomic mass is 32.2. The number of amides is 1. The summed E-state index contributed by atoms with van der Waals surface area (Å²) in [5.41, 5.74) is 0.816. The highest BCUT2D eigenvalue weighted by Crippen LogP contribution is 2.33. The van der Waals surface area contributed by atoms with Crippen LogP contribution in [-0.4, -0.2) is 30.8 Å². The predicted octanol–water partition coefficient (Wildman–Crippen LogP) is 3.43. The van der Waals surface area contributed by atoms with Crippen LogP contribution >= 0.6 is 24.0 Å². The van der Waals surface area contributed by atoms with Gasteiger partial charge in [0.05, 0.1) is 16.9 Å². The fourth-order valence-corrected chi connectivity index (χ4v) is 4.48. The van der Waals surface area contributed by atoms with Crippen molar-refractivity contribution in [2.24, 2.45) is 0 Å². The van der Waals surface area contributed by atoms with Crippen LogP contribution < -0.4 is 9.57 Å². The number of nitrogens with one attached hydrogen (secondary N) is 1. The van der Waals surface area contributed by atoms with Crippen molar-refractivity contribution in [3.05, 3.63) is 65.1 Å². The maximum atomic E-state index is 12.4. The quantitative estimate of drug-likeness (QED) is 0.606. The zero-order valence-electron chi connectivity index (χ0n) is 13.6. The van der Waals surface area contributed by atoms with Crippen LogP contribution in [0.2, 0.25) is 0 Å². The van der Waals surface area contributed by atoms with E-state index in [2.05, 4.69) is 4.83 Å². The monoisotopic (exact) mass is 406 g/mol. The SMILES string of the molecule is COc1ccc(/C=C2/SC(=O)N(NS(=O)(=O)c3ccccc3)C2=S)cc1. The Morgan fingerprint density at radius 1 is 1.12 bits per heavy atom. The molecule has 1 saturated heterocycles. The van der Waals surface area contributed by atoms with E-state index in [-0.39, 0.29) is 9.88 Å². The zero-order chi connectivity index (χ0) is 18.7. The molecule has 1 aliphatic heterocycles. The number of hydrogen-bond acceptors (Lipinski definition) is 6. The first kappa shape index (κ1) is 18.6. The van der Waals surface area contributed by atoms with Gasteiger partial charge in [-0.15, -0.1) is 4.83 Å². The number of carbonyl (C=O) groups is 1. The molecular weight excluding hydrogens is 392 g/mol. The van der Waals surface area contributed by atoms with Gasteiger partial charge in [0.2, 0.25) is 0 Å². The summed E-state index contributed by atoms with van der Waals surface area (Å²) in [6, 6.07) is 15.0. The summed E-state index contributed by atoms with van der Waals surface area (Å²) in [7, 11) is -2.33. The van der Waals surface area contributed by atoms with Crippen molar-refractivity contribution in [3.8, 4) is 5.75 Å². The lowest BCUT2D eigenvalue weighted by molar-refractivity contribution is 0.241. The average molecular weight is 407 g/mol. The summed E-state index contributed by atoms with van der Waals surface area (Å²) >= 11 is 6.14. The Kier molecular flexibility index (Phi) is 5.42. The van der Waals surface area contributed by atoms with Crippen LogP contribution in [0, 0.1) is 0 Å². The van der Waals surface area contributed by atoms with Gasteiger partial charge in [-0.2, -0.15) is 0 Å². The molecule has 1 heterocycles. The number of sulfonamides is 1. The number of benzene rings is 2. The van der Waals surface area contributed by atoms with Crippen molar-refractivity contribution in [3.63, 3.8) is 0 Å². The molecule has 1 amide bonds. The van der Waals surface area contributed by atoms with Gasteiger partial charge in [-0.05, 0) is 47.7 Å². The van der Waals surface area contributed by atoms with Crippen LogP contribution in [0.4, 0.5) is 4.79 Å². The van der Waals surface area contributed by atoms with E-state index in [0.29, 0.717) is 10.7 Å². The van der Waals surface area contributed by atoms with Crippen molar-refractivity contribution >= 4 is 50.3 Å². The third-order valence-corrected chi connectivity index (χ3v) is 6.21. The van der Waals surface area contributed by atoms with Gasteiger partial charge >= 0.3 is 5.24 Å². The first-order valence-electron chi connectivity index (χ1n) is 7.40. The van der Waals surface area contributed by atoms with Crippen molar-refractivity contribution in [1.29, 1.82) is 0 Å². The second-order valence-corrected chi connectivity index (χ2v) is 8.24. The molecule has 26 heavy (non-hydrogen) atoms. The van der Waals surface area contributed by atoms with E-state index in [0.717, 1.165) is 22.3 Å². The van der Waals surface area contributed by atoms with Crippen LogP contribution in [-0.2, 0) is 10.0 Å². The Labute approximate surface area is 160 Å². The van der Waals surface area contributed by atoms with Crippen molar-refractivity contribution in [1.82, 2.24) is 9.84 Å². The lowest BCUT2D eigenvalue weighted by atomic mass is 10.2. The minimum Gasteiger partial charge on any atom is -0.497 e. The molecule has 1 N–H and O–H groups in total. The van der Waals surface area contributed by atoms with E-state index >= 15 is 0 Å². The number of hydrogen-bond donors (Lipinski definition) is 1. The topological polar surface area (TPSA) is 75.7 Å². The second kappa shape index (κ2) is 7.58. The minimum absolute atomic E-state index is 0.0492. The van der Waals surface area contributed by atoms with Gasteiger partial charge in [0.15, 0.2) is 0 Å². The number of ether oxygens (including phenoxy) is 1. The van der Waals surface area contributed by atoms with Crippen molar-refractivity contribution in [2.45, 2.75) is 4.90 Å². The fourth-order valence-electron chi connectivity index (χ4n) is 2.17. The molecule has 0 atom stereocenters. The predicted molar refractivity (Wildman–Crippen MR) is 105 cm³/mol. The molecule has 0 unspecified atom stereocenters. The average Bonchev–Trinajstić information content (AvgIpc) is 2.90. The Morgan fingerprint density at radius 2 is 1.77 bits per heavy atom. The van der Waals surface area contributed by atoms with Crippen molar-refractivity contribution in [2.75, 3.05) is 7.11 Å². The Morgan fingerprint density at radius 3 is 2.38 bits per heavy atom. The lowest BCUT2D eigenvalue weighted by Gasteiger charge is -2.16. The number of methoxy groups -OCH3 is 1. The summed E-state index contributed by atoms with van der Waals surface area (Å²) in [5.74, 6) is 0.710. The van der Waals surface area contributed by atoms with Crippen molar-refractivity contribution < 1.29 is 17.9 Å². The Balaban J connectivity index is 1.81. The van der Waals surface area contributed by atoms with Gasteiger partial charge in [0, 0.05) is 0 Å². The van der Waals surface area contributed by atoms with Crippen LogP contribution in [0.25, 0.3) is 6.08 Å². The van der Waals surface area contributed by atoms with Gasteiger partial charge in [-0.25, -0.2) is 13.4 Å². The molecule has 6 nitrogen and oxygen atoms in total. The summed E-state index contributed by atoms with van der Waals surface area (Å²) < 4.78 is 29.9. The Bertz CT molecular complexity index is 971. The van der Waals surface area contributed by atoms with E-state index in [1.807, 2.05) is 12.1 Å². The van der Waals surface area contributed by atoms with Gasteiger partial charge in [-0.3, -0.25) is 4.79 Å². The summed E-state index contributed by atoms with van der Waals surface area (Å²) in [5, 5.41) is 0.367. The number of nitrogens with zero attached hydrogens (tertiary/aromatic N) is 1. The van der Waals surface area contributed by atoms with E-state index in [1.165, 1.54) is 12.1 Å². The lowest BCUT2D eigenvalue weighted by Crippen LogP contribution is -2.44. The van der Waals surface area contributed by atoms with Gasteiger partial charge in [-0.1, -0.05) is 42.5 Å². The number of rotatable bonds is 5. The molecule has 1 aliphatic rings. The van der Waals surface area contributed by atoms with E-state index in [9.17, 15) is 13.2 Å². The molecule has 0 spiro atoms. The number of thioether (sulfide) groups is 1. The van der Waals surface area contributed by atoms with E-state index in [4.69, 9.17) is 17.0 Å². The van der Waals surface area contributed by atoms with E-state index < -0.39 is 15.3 Å². The molecule has 0 aliphatic carbocycles. The molecule has 134 valence electrons. The maximum absolute atomic E-state index is 12.4.